The standard InChI is InChI=1S/C25H29N5O5/c1-27-17-22(31)29-20(12-13-23(32)33)24(34)28(15-19-10-6-3-7-11-19)16-21(29)30(27)25(35)26-14-18-8-4-2-5-9-18/h2-11,20-21H,12-17H2,1H3,(H,26,35)(H,32,33)/t20-,21-/m0/s1. The van der Waals surface area contributed by atoms with Crippen LogP contribution in [0.25, 0.3) is 0 Å². The fourth-order valence-electron chi connectivity index (χ4n) is 4.64. The molecule has 2 fully saturated rings. The molecule has 0 aromatic heterocycles. The van der Waals surface area contributed by atoms with E-state index in [4.69, 9.17) is 0 Å². The van der Waals surface area contributed by atoms with Crippen LogP contribution < -0.4 is 5.32 Å². The number of aliphatic carboxylic acids is 1. The van der Waals surface area contributed by atoms with E-state index in [2.05, 4.69) is 5.32 Å². The highest BCUT2D eigenvalue weighted by molar-refractivity contribution is 5.91. The van der Waals surface area contributed by atoms with Gasteiger partial charge in [-0.25, -0.2) is 14.8 Å². The van der Waals surface area contributed by atoms with Gasteiger partial charge in [-0.1, -0.05) is 60.7 Å². The van der Waals surface area contributed by atoms with E-state index in [1.807, 2.05) is 60.7 Å². The number of nitrogens with one attached hydrogen (secondary N) is 1. The van der Waals surface area contributed by atoms with Crippen LogP contribution in [0, 0.1) is 0 Å². The second-order valence-corrected chi connectivity index (χ2v) is 8.74. The second kappa shape index (κ2) is 10.6. The Kier molecular flexibility index (Phi) is 7.31. The van der Waals surface area contributed by atoms with Crippen LogP contribution in [0.1, 0.15) is 24.0 Å². The molecule has 184 valence electrons. The summed E-state index contributed by atoms with van der Waals surface area (Å²) in [6.45, 7) is 0.627. The van der Waals surface area contributed by atoms with Crippen molar-refractivity contribution in [2.45, 2.75) is 38.1 Å². The predicted molar refractivity (Wildman–Crippen MR) is 126 cm³/mol. The molecule has 0 bridgehead atoms. The Balaban J connectivity index is 1.61. The minimum absolute atomic E-state index is 0.0229. The number of carbonyl (C=O) groups is 4. The first kappa shape index (κ1) is 24.2. The normalized spacial score (nSPS) is 20.5. The van der Waals surface area contributed by atoms with Crippen molar-refractivity contribution in [3.63, 3.8) is 0 Å². The molecule has 0 aliphatic carbocycles. The lowest BCUT2D eigenvalue weighted by Gasteiger charge is -2.54. The van der Waals surface area contributed by atoms with Gasteiger partial charge in [0.05, 0.1) is 13.1 Å². The number of carbonyl (C=O) groups excluding carboxylic acids is 3. The fourth-order valence-corrected chi connectivity index (χ4v) is 4.64. The Bertz CT molecular complexity index is 1080. The molecule has 2 heterocycles. The summed E-state index contributed by atoms with van der Waals surface area (Å²) in [6, 6.07) is 17.5. The number of fused-ring (bicyclic) bond motifs is 1. The van der Waals surface area contributed by atoms with Gasteiger partial charge in [0.1, 0.15) is 12.2 Å². The smallest absolute Gasteiger partial charge is 0.334 e. The Morgan fingerprint density at radius 1 is 1.00 bits per heavy atom. The molecule has 2 aliphatic rings. The first-order valence-electron chi connectivity index (χ1n) is 11.5. The van der Waals surface area contributed by atoms with Gasteiger partial charge in [-0.3, -0.25) is 14.4 Å². The summed E-state index contributed by atoms with van der Waals surface area (Å²) in [6.07, 6.45) is -1.04. The number of piperazine rings is 1. The van der Waals surface area contributed by atoms with Gasteiger partial charge in [-0.2, -0.15) is 0 Å². The average molecular weight is 480 g/mol. The monoisotopic (exact) mass is 479 g/mol. The van der Waals surface area contributed by atoms with Gasteiger partial charge in [0.2, 0.25) is 11.8 Å². The van der Waals surface area contributed by atoms with E-state index in [0.29, 0.717) is 13.1 Å². The van der Waals surface area contributed by atoms with Crippen molar-refractivity contribution >= 4 is 23.8 Å². The Morgan fingerprint density at radius 2 is 1.63 bits per heavy atom. The molecule has 2 aromatic rings. The number of benzene rings is 2. The maximum absolute atomic E-state index is 13.4. The van der Waals surface area contributed by atoms with E-state index in [-0.39, 0.29) is 37.7 Å². The number of urea groups is 1. The van der Waals surface area contributed by atoms with Crippen molar-refractivity contribution in [3.8, 4) is 0 Å². The number of likely N-dealkylation sites (N-methyl/N-ethyl adjacent to an activating group) is 1. The lowest BCUT2D eigenvalue weighted by atomic mass is 10.0. The van der Waals surface area contributed by atoms with Crippen LogP contribution in [0.5, 0.6) is 0 Å². The van der Waals surface area contributed by atoms with Crippen LogP contribution in [0.2, 0.25) is 0 Å². The van der Waals surface area contributed by atoms with Crippen LogP contribution in [0.4, 0.5) is 4.79 Å². The number of hydrazine groups is 1. The SMILES string of the molecule is CN1CC(=O)N2[C@@H](CCC(=O)O)C(=O)N(Cc3ccccc3)C[C@@H]2N1C(=O)NCc1ccccc1. The first-order chi connectivity index (χ1) is 16.8. The molecular formula is C25H29N5O5. The summed E-state index contributed by atoms with van der Waals surface area (Å²) in [5, 5.41) is 15.2. The summed E-state index contributed by atoms with van der Waals surface area (Å²) < 4.78 is 0. The van der Waals surface area contributed by atoms with E-state index < -0.39 is 24.2 Å². The average Bonchev–Trinajstić information content (AvgIpc) is 2.84. The van der Waals surface area contributed by atoms with Gasteiger partial charge in [-0.15, -0.1) is 0 Å². The summed E-state index contributed by atoms with van der Waals surface area (Å²) in [5.74, 6) is -1.67. The molecule has 10 nitrogen and oxygen atoms in total. The number of nitrogens with zero attached hydrogens (tertiary/aromatic N) is 4. The van der Waals surface area contributed by atoms with E-state index in [1.165, 1.54) is 9.91 Å². The summed E-state index contributed by atoms with van der Waals surface area (Å²) in [5.41, 5.74) is 1.83. The first-order valence-corrected chi connectivity index (χ1v) is 11.5. The minimum Gasteiger partial charge on any atom is -0.481 e. The molecule has 0 spiro atoms. The fraction of sp³-hybridized carbons (Fsp3) is 0.360. The quantitative estimate of drug-likeness (QED) is 0.622. The number of amides is 4. The maximum atomic E-state index is 13.4. The van der Waals surface area contributed by atoms with Crippen LogP contribution in [-0.2, 0) is 27.5 Å². The topological polar surface area (TPSA) is 114 Å². The molecule has 0 saturated carbocycles. The summed E-state index contributed by atoms with van der Waals surface area (Å²) in [4.78, 5) is 54.1. The van der Waals surface area contributed by atoms with Crippen molar-refractivity contribution in [3.05, 3.63) is 71.8 Å². The molecule has 2 N–H and O–H groups in total. The summed E-state index contributed by atoms with van der Waals surface area (Å²) in [7, 11) is 1.65. The zero-order valence-corrected chi connectivity index (χ0v) is 19.5. The minimum atomic E-state index is -1.05. The molecule has 35 heavy (non-hydrogen) atoms. The molecule has 4 rings (SSSR count). The highest BCUT2D eigenvalue weighted by atomic mass is 16.4. The van der Waals surface area contributed by atoms with Gasteiger partial charge in [0.25, 0.3) is 0 Å². The molecule has 4 amide bonds. The number of hydrogen-bond donors (Lipinski definition) is 2. The van der Waals surface area contributed by atoms with E-state index >= 15 is 0 Å². The van der Waals surface area contributed by atoms with Crippen molar-refractivity contribution in [1.29, 1.82) is 0 Å². The number of rotatable bonds is 7. The largest absolute Gasteiger partial charge is 0.481 e. The van der Waals surface area contributed by atoms with Gasteiger partial charge in [-0.05, 0) is 17.5 Å². The molecule has 0 unspecified atom stereocenters. The van der Waals surface area contributed by atoms with Crippen molar-refractivity contribution in [2.75, 3.05) is 20.1 Å². The highest BCUT2D eigenvalue weighted by Gasteiger charge is 2.50. The number of hydrogen-bond acceptors (Lipinski definition) is 5. The molecular weight excluding hydrogens is 450 g/mol. The van der Waals surface area contributed by atoms with Gasteiger partial charge < -0.3 is 20.2 Å². The van der Waals surface area contributed by atoms with Crippen LogP contribution in [0.15, 0.2) is 60.7 Å². The van der Waals surface area contributed by atoms with Crippen molar-refractivity contribution in [1.82, 2.24) is 25.1 Å². The van der Waals surface area contributed by atoms with Crippen LogP contribution >= 0.6 is 0 Å². The third kappa shape index (κ3) is 5.43. The van der Waals surface area contributed by atoms with E-state index in [0.717, 1.165) is 11.1 Å². The van der Waals surface area contributed by atoms with E-state index in [1.54, 1.807) is 17.0 Å². The van der Waals surface area contributed by atoms with Crippen LogP contribution in [0.3, 0.4) is 0 Å². The van der Waals surface area contributed by atoms with Gasteiger partial charge >= 0.3 is 12.0 Å². The lowest BCUT2D eigenvalue weighted by Crippen LogP contribution is -2.75. The van der Waals surface area contributed by atoms with Gasteiger partial charge in [0, 0.05) is 26.6 Å². The maximum Gasteiger partial charge on any atom is 0.334 e. The van der Waals surface area contributed by atoms with Crippen LogP contribution in [-0.4, -0.2) is 81.1 Å². The van der Waals surface area contributed by atoms with Crippen molar-refractivity contribution < 1.29 is 24.3 Å². The molecule has 2 aliphatic heterocycles. The number of carboxylic acids is 1. The third-order valence-electron chi connectivity index (χ3n) is 6.28. The Labute approximate surface area is 203 Å². The van der Waals surface area contributed by atoms with Crippen molar-refractivity contribution in [2.24, 2.45) is 0 Å². The number of carboxylic acid groups (broad SMARTS) is 1. The molecule has 10 heteroatoms. The van der Waals surface area contributed by atoms with Gasteiger partial charge in [0.15, 0.2) is 0 Å². The molecule has 2 atom stereocenters. The zero-order chi connectivity index (χ0) is 24.9. The predicted octanol–water partition coefficient (Wildman–Crippen LogP) is 1.49. The second-order valence-electron chi connectivity index (χ2n) is 8.74. The third-order valence-corrected chi connectivity index (χ3v) is 6.28. The highest BCUT2D eigenvalue weighted by Crippen LogP contribution is 2.28. The summed E-state index contributed by atoms with van der Waals surface area (Å²) >= 11 is 0. The molecule has 2 aromatic carbocycles. The van der Waals surface area contributed by atoms with E-state index in [9.17, 15) is 24.3 Å². The zero-order valence-electron chi connectivity index (χ0n) is 19.5. The molecule has 2 saturated heterocycles. The lowest BCUT2D eigenvalue weighted by molar-refractivity contribution is -0.188. The Hall–Kier alpha value is -3.92. The Morgan fingerprint density at radius 3 is 2.26 bits per heavy atom. The molecule has 0 radical (unpaired) electrons.